The molecule has 3 rings (SSSR count). The number of hydrogen-bond donors (Lipinski definition) is 3. The van der Waals surface area contributed by atoms with Gasteiger partial charge in [0, 0.05) is 24.8 Å². The van der Waals surface area contributed by atoms with Gasteiger partial charge >= 0.3 is 6.18 Å². The monoisotopic (exact) mass is 455 g/mol. The van der Waals surface area contributed by atoms with Crippen molar-refractivity contribution in [1.29, 1.82) is 0 Å². The third-order valence-electron chi connectivity index (χ3n) is 3.89. The van der Waals surface area contributed by atoms with Gasteiger partial charge in [-0.2, -0.15) is 18.2 Å². The lowest BCUT2D eigenvalue weighted by Gasteiger charge is -2.13. The Morgan fingerprint density at radius 1 is 0.903 bits per heavy atom. The third kappa shape index (κ3) is 6.36. The number of nitrogens with one attached hydrogen (secondary N) is 3. The van der Waals surface area contributed by atoms with Crippen LogP contribution < -0.4 is 15.4 Å². The molecular weight excluding hydrogens is 438 g/mol. The average molecular weight is 455 g/mol. The van der Waals surface area contributed by atoms with Crippen molar-refractivity contribution in [2.75, 3.05) is 23.7 Å². The van der Waals surface area contributed by atoms with Gasteiger partial charge in [-0.25, -0.2) is 22.5 Å². The van der Waals surface area contributed by atoms with Crippen LogP contribution >= 0.6 is 0 Å². The van der Waals surface area contributed by atoms with Crippen molar-refractivity contribution >= 4 is 27.5 Å². The fourth-order valence-electron chi connectivity index (χ4n) is 2.46. The van der Waals surface area contributed by atoms with Gasteiger partial charge < -0.3 is 10.6 Å². The molecule has 0 aliphatic carbocycles. The maximum absolute atomic E-state index is 13.2. The van der Waals surface area contributed by atoms with Crippen LogP contribution in [0.3, 0.4) is 0 Å². The predicted molar refractivity (Wildman–Crippen MR) is 107 cm³/mol. The van der Waals surface area contributed by atoms with Gasteiger partial charge in [0.05, 0.1) is 4.90 Å². The van der Waals surface area contributed by atoms with Crippen molar-refractivity contribution < 1.29 is 26.0 Å². The molecule has 31 heavy (non-hydrogen) atoms. The molecule has 0 fully saturated rings. The summed E-state index contributed by atoms with van der Waals surface area (Å²) < 4.78 is 79.2. The van der Waals surface area contributed by atoms with Gasteiger partial charge in [-0.1, -0.05) is 18.2 Å². The van der Waals surface area contributed by atoms with Crippen molar-refractivity contribution in [3.63, 3.8) is 0 Å². The van der Waals surface area contributed by atoms with E-state index in [-0.39, 0.29) is 29.8 Å². The predicted octanol–water partition coefficient (Wildman–Crippen LogP) is 3.77. The molecule has 0 atom stereocenters. The van der Waals surface area contributed by atoms with Crippen molar-refractivity contribution in [3.8, 4) is 0 Å². The highest BCUT2D eigenvalue weighted by Gasteiger charge is 2.33. The van der Waals surface area contributed by atoms with Crippen LogP contribution in [0.15, 0.2) is 65.6 Å². The summed E-state index contributed by atoms with van der Waals surface area (Å²) in [6.07, 6.45) is -4.73. The Kier molecular flexibility index (Phi) is 6.71. The normalized spacial score (nSPS) is 11.9. The molecule has 0 aliphatic rings. The molecule has 1 heterocycles. The highest BCUT2D eigenvalue weighted by molar-refractivity contribution is 7.89. The van der Waals surface area contributed by atoms with E-state index < -0.39 is 27.7 Å². The number of benzene rings is 2. The molecule has 0 saturated heterocycles. The third-order valence-corrected chi connectivity index (χ3v) is 5.36. The Morgan fingerprint density at radius 2 is 1.58 bits per heavy atom. The summed E-state index contributed by atoms with van der Waals surface area (Å²) in [6, 6.07) is 13.3. The molecule has 1 aromatic heterocycles. The lowest BCUT2D eigenvalue weighted by Crippen LogP contribution is -2.29. The minimum Gasteiger partial charge on any atom is -0.353 e. The standard InChI is InChI=1S/C19H17F4N5O2S/c20-13-6-8-14(9-7-13)26-17-12-16(19(21,22)23)27-18(28-17)24-10-11-25-31(29,30)15-4-2-1-3-5-15/h1-9,12,25H,10-11H2,(H2,24,26,27,28). The van der Waals surface area contributed by atoms with Gasteiger partial charge in [0.15, 0.2) is 5.69 Å². The first-order valence-corrected chi connectivity index (χ1v) is 10.4. The van der Waals surface area contributed by atoms with E-state index in [4.69, 9.17) is 0 Å². The maximum Gasteiger partial charge on any atom is 0.433 e. The van der Waals surface area contributed by atoms with E-state index in [0.29, 0.717) is 11.8 Å². The molecule has 164 valence electrons. The number of rotatable bonds is 8. The van der Waals surface area contributed by atoms with Crippen LogP contribution in [0.2, 0.25) is 0 Å². The first-order valence-electron chi connectivity index (χ1n) is 8.91. The highest BCUT2D eigenvalue weighted by atomic mass is 32.2. The van der Waals surface area contributed by atoms with E-state index in [1.807, 2.05) is 0 Å². The minimum absolute atomic E-state index is 0.0658. The summed E-state index contributed by atoms with van der Waals surface area (Å²) in [5.41, 5.74) is -0.866. The molecule has 0 bridgehead atoms. The van der Waals surface area contributed by atoms with Crippen LogP contribution in [0.4, 0.5) is 35.0 Å². The van der Waals surface area contributed by atoms with Gasteiger partial charge in [0.2, 0.25) is 16.0 Å². The topological polar surface area (TPSA) is 96.0 Å². The number of halogens is 4. The summed E-state index contributed by atoms with van der Waals surface area (Å²) >= 11 is 0. The zero-order valence-corrected chi connectivity index (χ0v) is 16.6. The van der Waals surface area contributed by atoms with E-state index in [1.165, 1.54) is 24.3 Å². The molecule has 7 nitrogen and oxygen atoms in total. The number of anilines is 3. The maximum atomic E-state index is 13.2. The highest BCUT2D eigenvalue weighted by Crippen LogP contribution is 2.30. The Morgan fingerprint density at radius 3 is 2.23 bits per heavy atom. The Hall–Kier alpha value is -3.25. The van der Waals surface area contributed by atoms with Crippen LogP contribution in [-0.4, -0.2) is 31.5 Å². The van der Waals surface area contributed by atoms with Crippen LogP contribution in [0.5, 0.6) is 0 Å². The molecule has 0 aliphatic heterocycles. The molecule has 0 unspecified atom stereocenters. The second-order valence-corrected chi connectivity index (χ2v) is 8.00. The van der Waals surface area contributed by atoms with Crippen LogP contribution in [0.25, 0.3) is 0 Å². The fraction of sp³-hybridized carbons (Fsp3) is 0.158. The summed E-state index contributed by atoms with van der Waals surface area (Å²) in [4.78, 5) is 7.45. The number of aromatic nitrogens is 2. The fourth-order valence-corrected chi connectivity index (χ4v) is 3.51. The molecule has 0 radical (unpaired) electrons. The van der Waals surface area contributed by atoms with Crippen molar-refractivity contribution in [2.45, 2.75) is 11.1 Å². The van der Waals surface area contributed by atoms with Gasteiger partial charge in [0.25, 0.3) is 0 Å². The molecule has 0 spiro atoms. The van der Waals surface area contributed by atoms with Gasteiger partial charge in [-0.3, -0.25) is 0 Å². The van der Waals surface area contributed by atoms with E-state index in [1.54, 1.807) is 18.2 Å². The summed E-state index contributed by atoms with van der Waals surface area (Å²) in [7, 11) is -3.75. The average Bonchev–Trinajstić information content (AvgIpc) is 2.73. The summed E-state index contributed by atoms with van der Waals surface area (Å²) in [5, 5.41) is 5.22. The second-order valence-electron chi connectivity index (χ2n) is 6.23. The lowest BCUT2D eigenvalue weighted by atomic mass is 10.3. The quantitative estimate of drug-likeness (QED) is 0.354. The van der Waals surface area contributed by atoms with Crippen LogP contribution in [0.1, 0.15) is 5.69 Å². The van der Waals surface area contributed by atoms with E-state index in [9.17, 15) is 26.0 Å². The number of nitrogens with zero attached hydrogens (tertiary/aromatic N) is 2. The van der Waals surface area contributed by atoms with Gasteiger partial charge in [-0.15, -0.1) is 0 Å². The van der Waals surface area contributed by atoms with Crippen molar-refractivity contribution in [3.05, 3.63) is 72.2 Å². The minimum atomic E-state index is -4.73. The lowest BCUT2D eigenvalue weighted by molar-refractivity contribution is -0.141. The Bertz CT molecular complexity index is 1120. The smallest absolute Gasteiger partial charge is 0.353 e. The number of hydrogen-bond acceptors (Lipinski definition) is 6. The van der Waals surface area contributed by atoms with E-state index in [2.05, 4.69) is 25.3 Å². The number of sulfonamides is 1. The van der Waals surface area contributed by atoms with Crippen LogP contribution in [0, 0.1) is 5.82 Å². The van der Waals surface area contributed by atoms with Crippen molar-refractivity contribution in [1.82, 2.24) is 14.7 Å². The summed E-state index contributed by atoms with van der Waals surface area (Å²) in [6.45, 7) is -0.180. The van der Waals surface area contributed by atoms with Gasteiger partial charge in [0.1, 0.15) is 11.6 Å². The zero-order chi connectivity index (χ0) is 22.5. The summed E-state index contributed by atoms with van der Waals surface area (Å²) in [5.74, 6) is -1.01. The number of alkyl halides is 3. The van der Waals surface area contributed by atoms with E-state index >= 15 is 0 Å². The molecule has 3 N–H and O–H groups in total. The Labute approximate surface area is 175 Å². The SMILES string of the molecule is O=S(=O)(NCCNc1nc(Nc2ccc(F)cc2)cc(C(F)(F)F)n1)c1ccccc1. The molecule has 2 aromatic carbocycles. The molecular formula is C19H17F4N5O2S. The first kappa shape index (κ1) is 22.4. The molecule has 3 aromatic rings. The largest absolute Gasteiger partial charge is 0.433 e. The Balaban J connectivity index is 1.69. The zero-order valence-electron chi connectivity index (χ0n) is 15.8. The first-order chi connectivity index (χ1) is 14.6. The molecule has 12 heteroatoms. The molecule has 0 saturated carbocycles. The van der Waals surface area contributed by atoms with Crippen molar-refractivity contribution in [2.24, 2.45) is 0 Å². The van der Waals surface area contributed by atoms with Gasteiger partial charge in [-0.05, 0) is 36.4 Å². The van der Waals surface area contributed by atoms with E-state index in [0.717, 1.165) is 12.1 Å². The molecule has 0 amide bonds. The van der Waals surface area contributed by atoms with Crippen LogP contribution in [-0.2, 0) is 16.2 Å². The second kappa shape index (κ2) is 9.27.